The highest BCUT2D eigenvalue weighted by Gasteiger charge is 1.91. The molecule has 0 aliphatic heterocycles. The molecule has 0 aromatic carbocycles. The van der Waals surface area contributed by atoms with E-state index in [0.29, 0.717) is 19.8 Å². The first-order valence-corrected chi connectivity index (χ1v) is 6.89. The monoisotopic (exact) mass is 276 g/mol. The van der Waals surface area contributed by atoms with Gasteiger partial charge < -0.3 is 14.2 Å². The van der Waals surface area contributed by atoms with E-state index in [-0.39, 0.29) is 11.9 Å². The molecule has 0 N–H and O–H groups in total. The summed E-state index contributed by atoms with van der Waals surface area (Å²) in [7, 11) is 0. The lowest BCUT2D eigenvalue weighted by molar-refractivity contribution is -0.142. The molecule has 5 nitrogen and oxygen atoms in total. The van der Waals surface area contributed by atoms with E-state index in [4.69, 9.17) is 4.74 Å². The molecular formula is C14H28O5. The van der Waals surface area contributed by atoms with Crippen LogP contribution in [0.2, 0.25) is 0 Å². The minimum Gasteiger partial charge on any atom is -0.466 e. The SMILES string of the molecule is CCCCOC(C)=O.CCCCOCCOC(C)=O. The van der Waals surface area contributed by atoms with Crippen LogP contribution >= 0.6 is 0 Å². The normalized spacial score (nSPS) is 9.26. The van der Waals surface area contributed by atoms with Crippen LogP contribution in [0, 0.1) is 0 Å². The number of esters is 2. The Labute approximate surface area is 116 Å². The molecule has 0 aromatic heterocycles. The van der Waals surface area contributed by atoms with Gasteiger partial charge in [-0.15, -0.1) is 0 Å². The molecule has 0 radical (unpaired) electrons. The third-order valence-corrected chi connectivity index (χ3v) is 1.98. The maximum Gasteiger partial charge on any atom is 0.302 e. The summed E-state index contributed by atoms with van der Waals surface area (Å²) in [6, 6.07) is 0. The lowest BCUT2D eigenvalue weighted by Crippen LogP contribution is -2.07. The zero-order valence-electron chi connectivity index (χ0n) is 12.7. The Bertz CT molecular complexity index is 216. The van der Waals surface area contributed by atoms with Crippen LogP contribution in [-0.4, -0.2) is 38.4 Å². The van der Waals surface area contributed by atoms with Gasteiger partial charge in [-0.1, -0.05) is 26.7 Å². The first kappa shape index (κ1) is 20.2. The molecule has 0 spiro atoms. The van der Waals surface area contributed by atoms with Gasteiger partial charge >= 0.3 is 11.9 Å². The molecule has 5 heteroatoms. The fourth-order valence-electron chi connectivity index (χ4n) is 0.953. The van der Waals surface area contributed by atoms with Crippen molar-refractivity contribution in [2.45, 2.75) is 53.4 Å². The largest absolute Gasteiger partial charge is 0.466 e. The van der Waals surface area contributed by atoms with Gasteiger partial charge in [0, 0.05) is 20.5 Å². The number of unbranched alkanes of at least 4 members (excludes halogenated alkanes) is 2. The van der Waals surface area contributed by atoms with Gasteiger partial charge in [-0.25, -0.2) is 0 Å². The van der Waals surface area contributed by atoms with Gasteiger partial charge in [0.1, 0.15) is 6.61 Å². The van der Waals surface area contributed by atoms with Gasteiger partial charge in [0.2, 0.25) is 0 Å². The fraction of sp³-hybridized carbons (Fsp3) is 0.857. The van der Waals surface area contributed by atoms with E-state index >= 15 is 0 Å². The average Bonchev–Trinajstić information content (AvgIpc) is 2.34. The molecule has 0 saturated carbocycles. The standard InChI is InChI=1S/C8H16O3.C6H12O2/c1-3-4-5-10-6-7-11-8(2)9;1-3-4-5-8-6(2)7/h3-7H2,1-2H3;3-5H2,1-2H3. The highest BCUT2D eigenvalue weighted by Crippen LogP contribution is 1.88. The molecule has 114 valence electrons. The molecule has 0 saturated heterocycles. The van der Waals surface area contributed by atoms with Crippen LogP contribution in [0.25, 0.3) is 0 Å². The molecule has 0 atom stereocenters. The van der Waals surface area contributed by atoms with E-state index < -0.39 is 0 Å². The Hall–Kier alpha value is -1.10. The number of hydrogen-bond donors (Lipinski definition) is 0. The van der Waals surface area contributed by atoms with Crippen LogP contribution in [0.3, 0.4) is 0 Å². The zero-order chi connectivity index (χ0) is 14.9. The van der Waals surface area contributed by atoms with E-state index in [1.54, 1.807) is 0 Å². The van der Waals surface area contributed by atoms with Crippen molar-refractivity contribution in [2.75, 3.05) is 26.4 Å². The second-order valence-corrected chi connectivity index (χ2v) is 4.00. The molecule has 0 rings (SSSR count). The molecule has 0 bridgehead atoms. The summed E-state index contributed by atoms with van der Waals surface area (Å²) >= 11 is 0. The van der Waals surface area contributed by atoms with Gasteiger partial charge in [0.05, 0.1) is 13.2 Å². The van der Waals surface area contributed by atoms with E-state index in [1.807, 2.05) is 0 Å². The molecule has 0 amide bonds. The number of carbonyl (C=O) groups excluding carboxylic acids is 2. The van der Waals surface area contributed by atoms with E-state index in [2.05, 4.69) is 23.3 Å². The quantitative estimate of drug-likeness (QED) is 0.478. The topological polar surface area (TPSA) is 61.8 Å². The third-order valence-electron chi connectivity index (χ3n) is 1.98. The second kappa shape index (κ2) is 16.9. The van der Waals surface area contributed by atoms with E-state index in [1.165, 1.54) is 13.8 Å². The van der Waals surface area contributed by atoms with Crippen molar-refractivity contribution in [1.29, 1.82) is 0 Å². The molecule has 0 heterocycles. The third kappa shape index (κ3) is 26.5. The summed E-state index contributed by atoms with van der Waals surface area (Å²) < 4.78 is 14.4. The van der Waals surface area contributed by atoms with E-state index in [0.717, 1.165) is 32.3 Å². The van der Waals surface area contributed by atoms with Crippen LogP contribution < -0.4 is 0 Å². The Morgan fingerprint density at radius 3 is 1.68 bits per heavy atom. The lowest BCUT2D eigenvalue weighted by atomic mass is 10.4. The van der Waals surface area contributed by atoms with Crippen molar-refractivity contribution in [2.24, 2.45) is 0 Å². The maximum absolute atomic E-state index is 10.3. The van der Waals surface area contributed by atoms with Crippen molar-refractivity contribution in [3.8, 4) is 0 Å². The minimum atomic E-state index is -0.246. The molecule has 19 heavy (non-hydrogen) atoms. The number of ether oxygens (including phenoxy) is 3. The molecule has 0 aliphatic carbocycles. The van der Waals surface area contributed by atoms with Crippen molar-refractivity contribution >= 4 is 11.9 Å². The summed E-state index contributed by atoms with van der Waals surface area (Å²) in [4.78, 5) is 20.4. The smallest absolute Gasteiger partial charge is 0.302 e. The predicted octanol–water partition coefficient (Wildman–Crippen LogP) is 2.72. The van der Waals surface area contributed by atoms with Gasteiger partial charge in [-0.05, 0) is 12.8 Å². The second-order valence-electron chi connectivity index (χ2n) is 4.00. The Balaban J connectivity index is 0. The predicted molar refractivity (Wildman–Crippen MR) is 73.9 cm³/mol. The summed E-state index contributed by atoms with van der Waals surface area (Å²) in [5.41, 5.74) is 0. The van der Waals surface area contributed by atoms with Crippen LogP contribution in [0.15, 0.2) is 0 Å². The van der Waals surface area contributed by atoms with Crippen molar-refractivity contribution in [1.82, 2.24) is 0 Å². The first-order valence-electron chi connectivity index (χ1n) is 6.89. The van der Waals surface area contributed by atoms with Gasteiger partial charge in [-0.2, -0.15) is 0 Å². The Morgan fingerprint density at radius 2 is 1.21 bits per heavy atom. The van der Waals surface area contributed by atoms with Crippen LogP contribution in [0.5, 0.6) is 0 Å². The first-order chi connectivity index (χ1) is 9.04. The van der Waals surface area contributed by atoms with Crippen LogP contribution in [-0.2, 0) is 23.8 Å². The summed E-state index contributed by atoms with van der Waals surface area (Å²) in [5, 5.41) is 0. The summed E-state index contributed by atoms with van der Waals surface area (Å²) in [6.45, 7) is 9.21. The van der Waals surface area contributed by atoms with Crippen molar-refractivity contribution in [3.05, 3.63) is 0 Å². The van der Waals surface area contributed by atoms with Crippen molar-refractivity contribution < 1.29 is 23.8 Å². The zero-order valence-corrected chi connectivity index (χ0v) is 12.7. The number of hydrogen-bond acceptors (Lipinski definition) is 5. The Kier molecular flexibility index (Phi) is 18.0. The van der Waals surface area contributed by atoms with E-state index in [9.17, 15) is 9.59 Å². The summed E-state index contributed by atoms with van der Waals surface area (Å²) in [6.07, 6.45) is 4.25. The van der Waals surface area contributed by atoms with Crippen molar-refractivity contribution in [3.63, 3.8) is 0 Å². The number of carbonyl (C=O) groups is 2. The summed E-state index contributed by atoms with van der Waals surface area (Å²) in [5.74, 6) is -0.428. The molecular weight excluding hydrogens is 248 g/mol. The molecule has 0 unspecified atom stereocenters. The van der Waals surface area contributed by atoms with Gasteiger partial charge in [0.15, 0.2) is 0 Å². The molecule has 0 aliphatic rings. The minimum absolute atomic E-state index is 0.182. The van der Waals surface area contributed by atoms with Gasteiger partial charge in [-0.3, -0.25) is 9.59 Å². The number of rotatable bonds is 9. The fourth-order valence-corrected chi connectivity index (χ4v) is 0.953. The maximum atomic E-state index is 10.3. The van der Waals surface area contributed by atoms with Crippen LogP contribution in [0.1, 0.15) is 53.4 Å². The highest BCUT2D eigenvalue weighted by atomic mass is 16.6. The van der Waals surface area contributed by atoms with Gasteiger partial charge in [0.25, 0.3) is 0 Å². The lowest BCUT2D eigenvalue weighted by Gasteiger charge is -2.02. The molecule has 0 aromatic rings. The van der Waals surface area contributed by atoms with Crippen LogP contribution in [0.4, 0.5) is 0 Å². The Morgan fingerprint density at radius 1 is 0.737 bits per heavy atom. The molecule has 0 fully saturated rings. The highest BCUT2D eigenvalue weighted by molar-refractivity contribution is 5.66. The average molecular weight is 276 g/mol.